The van der Waals surface area contributed by atoms with Crippen molar-refractivity contribution in [2.75, 3.05) is 41.0 Å². The molecule has 0 aliphatic rings. The van der Waals surface area contributed by atoms with E-state index in [4.69, 9.17) is 14.2 Å². The first kappa shape index (κ1) is 57.5. The molecule has 0 saturated carbocycles. The van der Waals surface area contributed by atoms with Crippen LogP contribution >= 0.6 is 0 Å². The van der Waals surface area contributed by atoms with Crippen LogP contribution in [0.1, 0.15) is 181 Å². The van der Waals surface area contributed by atoms with Crippen LogP contribution < -0.4 is 0 Å². The highest BCUT2D eigenvalue weighted by atomic mass is 16.6. The second-order valence-electron chi connectivity index (χ2n) is 17.0. The second-order valence-corrected chi connectivity index (χ2v) is 17.0. The number of quaternary nitrogens is 1. The summed E-state index contributed by atoms with van der Waals surface area (Å²) in [5.41, 5.74) is 0. The van der Waals surface area contributed by atoms with Crippen molar-refractivity contribution in [3.05, 3.63) is 85.1 Å². The van der Waals surface area contributed by atoms with Gasteiger partial charge in [0.1, 0.15) is 6.61 Å². The fraction of sp³-hybridized carbons (Fsp3) is 0.679. The van der Waals surface area contributed by atoms with E-state index in [1.807, 2.05) is 21.1 Å². The largest absolute Gasteiger partial charge is 0.477 e. The smallest absolute Gasteiger partial charge is 0.362 e. The van der Waals surface area contributed by atoms with E-state index in [1.54, 1.807) is 0 Å². The van der Waals surface area contributed by atoms with Crippen LogP contribution in [0, 0.1) is 0 Å². The Hall–Kier alpha value is -3.49. The number of hydrogen-bond donors (Lipinski definition) is 1. The van der Waals surface area contributed by atoms with Gasteiger partial charge in [0.2, 0.25) is 0 Å². The van der Waals surface area contributed by atoms with Gasteiger partial charge in [-0.05, 0) is 89.9 Å². The molecule has 0 aliphatic heterocycles. The number of nitrogens with zero attached hydrogens (tertiary/aromatic N) is 1. The van der Waals surface area contributed by atoms with Gasteiger partial charge in [0.25, 0.3) is 0 Å². The third kappa shape index (κ3) is 41.6. The molecule has 1 N–H and O–H groups in total. The molecule has 0 fully saturated rings. The van der Waals surface area contributed by atoms with E-state index in [9.17, 15) is 19.5 Å². The van der Waals surface area contributed by atoms with Gasteiger partial charge in [-0.25, -0.2) is 4.79 Å². The zero-order chi connectivity index (χ0) is 44.9. The minimum atomic E-state index is -0.888. The average molecular weight is 853 g/mol. The molecule has 0 spiro atoms. The number of rotatable bonds is 42. The number of carboxylic acid groups (broad SMARTS) is 1. The summed E-state index contributed by atoms with van der Waals surface area (Å²) in [6.07, 6.45) is 56.3. The van der Waals surface area contributed by atoms with E-state index in [1.165, 1.54) is 70.6 Å². The predicted molar refractivity (Wildman–Crippen MR) is 256 cm³/mol. The summed E-state index contributed by atoms with van der Waals surface area (Å²) in [4.78, 5) is 37.1. The summed E-state index contributed by atoms with van der Waals surface area (Å²) in [5.74, 6) is -1.57. The SMILES string of the molecule is CCCCC/C=C/C/C=C/C/C=C/C/C=C/C/C=C/CCCCC(=O)OCC(COCCC(C(=O)O)[N+](C)(C)C)OC(=O)CCCCC/C=C/C=C/CCCCCCCCC. The van der Waals surface area contributed by atoms with Crippen molar-refractivity contribution in [2.24, 2.45) is 0 Å². The Balaban J connectivity index is 4.44. The molecule has 0 aromatic rings. The fourth-order valence-corrected chi connectivity index (χ4v) is 6.51. The summed E-state index contributed by atoms with van der Waals surface area (Å²) in [5, 5.41) is 9.64. The van der Waals surface area contributed by atoms with Crippen molar-refractivity contribution >= 4 is 17.9 Å². The molecule has 61 heavy (non-hydrogen) atoms. The number of carbonyl (C=O) groups excluding carboxylic acids is 2. The molecular formula is C53H90NO7+. The molecule has 8 heteroatoms. The van der Waals surface area contributed by atoms with Gasteiger partial charge < -0.3 is 23.8 Å². The van der Waals surface area contributed by atoms with Crippen LogP contribution in [0.4, 0.5) is 0 Å². The number of allylic oxidation sites excluding steroid dienone is 14. The molecule has 0 saturated heterocycles. The number of carbonyl (C=O) groups is 3. The topological polar surface area (TPSA) is 99.1 Å². The van der Waals surface area contributed by atoms with Crippen LogP contribution in [-0.2, 0) is 28.6 Å². The Labute approximate surface area is 373 Å². The van der Waals surface area contributed by atoms with Crippen molar-refractivity contribution in [2.45, 2.75) is 193 Å². The molecule has 0 radical (unpaired) electrons. The van der Waals surface area contributed by atoms with Gasteiger partial charge >= 0.3 is 17.9 Å². The molecule has 0 aromatic carbocycles. The lowest BCUT2D eigenvalue weighted by atomic mass is 10.1. The Morgan fingerprint density at radius 3 is 1.44 bits per heavy atom. The fourth-order valence-electron chi connectivity index (χ4n) is 6.51. The van der Waals surface area contributed by atoms with Crippen molar-refractivity contribution in [1.29, 1.82) is 0 Å². The minimum absolute atomic E-state index is 0.0318. The lowest BCUT2D eigenvalue weighted by molar-refractivity contribution is -0.887. The Morgan fingerprint density at radius 1 is 0.508 bits per heavy atom. The Morgan fingerprint density at radius 2 is 0.918 bits per heavy atom. The van der Waals surface area contributed by atoms with E-state index >= 15 is 0 Å². The van der Waals surface area contributed by atoms with Gasteiger partial charge in [-0.2, -0.15) is 0 Å². The predicted octanol–water partition coefficient (Wildman–Crippen LogP) is 13.7. The van der Waals surface area contributed by atoms with Crippen LogP contribution in [-0.4, -0.2) is 80.6 Å². The summed E-state index contributed by atoms with van der Waals surface area (Å²) in [7, 11) is 5.50. The van der Waals surface area contributed by atoms with Crippen LogP contribution in [0.15, 0.2) is 85.1 Å². The van der Waals surface area contributed by atoms with E-state index in [0.29, 0.717) is 19.3 Å². The van der Waals surface area contributed by atoms with Gasteiger partial charge in [-0.15, -0.1) is 0 Å². The lowest BCUT2D eigenvalue weighted by Crippen LogP contribution is -2.50. The van der Waals surface area contributed by atoms with E-state index in [0.717, 1.165) is 70.6 Å². The number of likely N-dealkylation sites (N-methyl/N-ethyl adjacent to an activating group) is 1. The number of unbranched alkanes of at least 4 members (excludes halogenated alkanes) is 15. The molecule has 0 bridgehead atoms. The third-order valence-electron chi connectivity index (χ3n) is 10.3. The van der Waals surface area contributed by atoms with Gasteiger partial charge in [0.15, 0.2) is 12.1 Å². The maximum atomic E-state index is 12.7. The summed E-state index contributed by atoms with van der Waals surface area (Å²) in [6.45, 7) is 4.62. The van der Waals surface area contributed by atoms with Crippen LogP contribution in [0.25, 0.3) is 0 Å². The van der Waals surface area contributed by atoms with Crippen LogP contribution in [0.3, 0.4) is 0 Å². The highest BCUT2D eigenvalue weighted by molar-refractivity contribution is 5.72. The standard InChI is InChI=1S/C53H89NO7/c1-6-8-10-12-14-16-18-20-22-24-25-26-27-28-30-31-33-35-37-39-41-43-51(55)60-48-49(47-59-46-45-50(53(57)58)54(3,4)5)61-52(56)44-42-40-38-36-34-32-29-23-21-19-17-15-13-11-9-7-2/h14,16,20,22-23,25-26,28-30,32-35,49-50H,6-13,15,17-19,21,24,27,31,36-48H2,1-5H3/p+1/b16-14+,22-20+,26-25+,29-23+,30-28+,34-32+,35-33+. The van der Waals surface area contributed by atoms with Gasteiger partial charge in [-0.1, -0.05) is 157 Å². The van der Waals surface area contributed by atoms with E-state index < -0.39 is 18.1 Å². The molecule has 8 nitrogen and oxygen atoms in total. The van der Waals surface area contributed by atoms with Gasteiger partial charge in [0.05, 0.1) is 34.4 Å². The first-order chi connectivity index (χ1) is 29.6. The van der Waals surface area contributed by atoms with Crippen LogP contribution in [0.5, 0.6) is 0 Å². The summed E-state index contributed by atoms with van der Waals surface area (Å²) >= 11 is 0. The monoisotopic (exact) mass is 853 g/mol. The Kier molecular flexibility index (Phi) is 40.7. The van der Waals surface area contributed by atoms with E-state index in [-0.39, 0.29) is 42.7 Å². The molecule has 0 amide bonds. The summed E-state index contributed by atoms with van der Waals surface area (Å²) < 4.78 is 17.2. The maximum absolute atomic E-state index is 12.7. The highest BCUT2D eigenvalue weighted by Gasteiger charge is 2.31. The zero-order valence-corrected chi connectivity index (χ0v) is 39.6. The average Bonchev–Trinajstić information content (AvgIpc) is 3.22. The van der Waals surface area contributed by atoms with Crippen molar-refractivity contribution < 1.29 is 38.2 Å². The minimum Gasteiger partial charge on any atom is -0.477 e. The number of carboxylic acids is 1. The molecule has 348 valence electrons. The first-order valence-corrected chi connectivity index (χ1v) is 24.1. The number of ether oxygens (including phenoxy) is 3. The lowest BCUT2D eigenvalue weighted by Gasteiger charge is -2.31. The first-order valence-electron chi connectivity index (χ1n) is 24.1. The Bertz CT molecular complexity index is 1270. The van der Waals surface area contributed by atoms with Gasteiger partial charge in [0, 0.05) is 19.3 Å². The molecule has 0 rings (SSSR count). The molecule has 0 aliphatic carbocycles. The molecule has 2 unspecified atom stereocenters. The van der Waals surface area contributed by atoms with Crippen LogP contribution in [0.2, 0.25) is 0 Å². The number of esters is 2. The quantitative estimate of drug-likeness (QED) is 0.0215. The third-order valence-corrected chi connectivity index (χ3v) is 10.3. The highest BCUT2D eigenvalue weighted by Crippen LogP contribution is 2.12. The molecule has 0 aromatic heterocycles. The number of hydrogen-bond acceptors (Lipinski definition) is 6. The maximum Gasteiger partial charge on any atom is 0.362 e. The number of aliphatic carboxylic acids is 1. The van der Waals surface area contributed by atoms with Crippen molar-refractivity contribution in [3.8, 4) is 0 Å². The van der Waals surface area contributed by atoms with Gasteiger partial charge in [-0.3, -0.25) is 9.59 Å². The molecular weight excluding hydrogens is 763 g/mol. The molecule has 0 heterocycles. The normalized spacial score (nSPS) is 13.7. The van der Waals surface area contributed by atoms with E-state index in [2.05, 4.69) is 98.9 Å². The van der Waals surface area contributed by atoms with Crippen molar-refractivity contribution in [1.82, 2.24) is 0 Å². The summed E-state index contributed by atoms with van der Waals surface area (Å²) in [6, 6.07) is -0.631. The second kappa shape index (κ2) is 43.2. The zero-order valence-electron chi connectivity index (χ0n) is 39.6. The van der Waals surface area contributed by atoms with Crippen molar-refractivity contribution in [3.63, 3.8) is 0 Å². The molecule has 2 atom stereocenters.